The van der Waals surface area contributed by atoms with Crippen LogP contribution < -0.4 is 4.74 Å². The quantitative estimate of drug-likeness (QED) is 0.511. The topological polar surface area (TPSA) is 85.4 Å². The number of carbonyl (C=O) groups is 1. The molecule has 0 saturated carbocycles. The Labute approximate surface area is 192 Å². The molecule has 1 aromatic rings. The molecule has 8 nitrogen and oxygen atoms in total. The molecule has 182 valence electrons. The average Bonchev–Trinajstić information content (AvgIpc) is 2.71. The van der Waals surface area contributed by atoms with Crippen LogP contribution in [0.4, 0.5) is 4.79 Å². The summed E-state index contributed by atoms with van der Waals surface area (Å²) in [5, 5.41) is 0. The van der Waals surface area contributed by atoms with Gasteiger partial charge >= 0.3 is 6.09 Å². The van der Waals surface area contributed by atoms with E-state index in [4.69, 9.17) is 14.2 Å². The van der Waals surface area contributed by atoms with Crippen molar-refractivity contribution in [2.45, 2.75) is 64.0 Å². The summed E-state index contributed by atoms with van der Waals surface area (Å²) in [6, 6.07) is 6.42. The standard InChI is InChI=1S/C23H38N2O6S/c1-18(2)25(22(26)31-23(3,4)5)17-19-8-7-13-24(16-19)32(27,28)21-11-9-20(10-12-21)30-15-14-29-6/h9-12,18-19H,7-8,13-17H2,1-6H3. The van der Waals surface area contributed by atoms with Crippen LogP contribution in [0.15, 0.2) is 29.2 Å². The molecule has 1 fully saturated rings. The molecule has 0 N–H and O–H groups in total. The molecule has 1 heterocycles. The molecule has 1 aliphatic rings. The third kappa shape index (κ3) is 7.64. The number of hydrogen-bond acceptors (Lipinski definition) is 6. The van der Waals surface area contributed by atoms with Crippen LogP contribution in [0.3, 0.4) is 0 Å². The number of carbonyl (C=O) groups excluding carboxylic acids is 1. The third-order valence-corrected chi connectivity index (χ3v) is 7.09. The maximum Gasteiger partial charge on any atom is 0.410 e. The molecule has 0 spiro atoms. The van der Waals surface area contributed by atoms with Crippen LogP contribution in [0.2, 0.25) is 0 Å². The molecular weight excluding hydrogens is 432 g/mol. The van der Waals surface area contributed by atoms with Gasteiger partial charge in [-0.2, -0.15) is 4.31 Å². The van der Waals surface area contributed by atoms with Crippen molar-refractivity contribution in [3.8, 4) is 5.75 Å². The number of sulfonamides is 1. The number of amides is 1. The molecule has 9 heteroatoms. The molecule has 1 aromatic carbocycles. The molecule has 0 radical (unpaired) electrons. The van der Waals surface area contributed by atoms with E-state index in [1.54, 1.807) is 36.3 Å². The minimum atomic E-state index is -3.62. The Kier molecular flexibility index (Phi) is 9.36. The zero-order valence-corrected chi connectivity index (χ0v) is 21.0. The molecule has 1 aliphatic heterocycles. The first kappa shape index (κ1) is 26.4. The predicted molar refractivity (Wildman–Crippen MR) is 123 cm³/mol. The van der Waals surface area contributed by atoms with Crippen molar-refractivity contribution in [1.82, 2.24) is 9.21 Å². The highest BCUT2D eigenvalue weighted by atomic mass is 32.2. The minimum absolute atomic E-state index is 0.0394. The van der Waals surface area contributed by atoms with E-state index in [1.807, 2.05) is 34.6 Å². The van der Waals surface area contributed by atoms with Crippen molar-refractivity contribution in [2.24, 2.45) is 5.92 Å². The largest absolute Gasteiger partial charge is 0.491 e. The molecule has 1 amide bonds. The SMILES string of the molecule is COCCOc1ccc(S(=O)(=O)N2CCCC(CN(C(=O)OC(C)(C)C)C(C)C)C2)cc1. The van der Waals surface area contributed by atoms with E-state index in [1.165, 1.54) is 4.31 Å². The van der Waals surface area contributed by atoms with Crippen LogP contribution in [0.1, 0.15) is 47.5 Å². The maximum absolute atomic E-state index is 13.2. The van der Waals surface area contributed by atoms with E-state index in [2.05, 4.69) is 0 Å². The van der Waals surface area contributed by atoms with E-state index in [-0.39, 0.29) is 22.9 Å². The van der Waals surface area contributed by atoms with Gasteiger partial charge in [0.1, 0.15) is 18.0 Å². The van der Waals surface area contributed by atoms with Crippen molar-refractivity contribution in [1.29, 1.82) is 0 Å². The first-order chi connectivity index (χ1) is 14.9. The Morgan fingerprint density at radius 3 is 2.41 bits per heavy atom. The lowest BCUT2D eigenvalue weighted by molar-refractivity contribution is 0.0138. The monoisotopic (exact) mass is 470 g/mol. The fraction of sp³-hybridized carbons (Fsp3) is 0.696. The zero-order valence-electron chi connectivity index (χ0n) is 20.2. The Hall–Kier alpha value is -1.84. The van der Waals surface area contributed by atoms with Crippen LogP contribution in [0, 0.1) is 5.92 Å². The normalized spacial score (nSPS) is 17.9. The molecule has 32 heavy (non-hydrogen) atoms. The summed E-state index contributed by atoms with van der Waals surface area (Å²) < 4.78 is 44.0. The lowest BCUT2D eigenvalue weighted by atomic mass is 9.98. The molecule has 1 saturated heterocycles. The number of benzene rings is 1. The minimum Gasteiger partial charge on any atom is -0.491 e. The van der Waals surface area contributed by atoms with E-state index < -0.39 is 15.6 Å². The van der Waals surface area contributed by atoms with Gasteiger partial charge in [-0.15, -0.1) is 0 Å². The fourth-order valence-corrected chi connectivity index (χ4v) is 5.14. The molecule has 0 bridgehead atoms. The highest BCUT2D eigenvalue weighted by Gasteiger charge is 2.33. The smallest absolute Gasteiger partial charge is 0.410 e. The lowest BCUT2D eigenvalue weighted by Crippen LogP contribution is -2.48. The van der Waals surface area contributed by atoms with E-state index in [0.29, 0.717) is 38.6 Å². The van der Waals surface area contributed by atoms with Crippen molar-refractivity contribution in [2.75, 3.05) is 40.0 Å². The van der Waals surface area contributed by atoms with Crippen LogP contribution >= 0.6 is 0 Å². The van der Waals surface area contributed by atoms with Crippen molar-refractivity contribution in [3.63, 3.8) is 0 Å². The van der Waals surface area contributed by atoms with Gasteiger partial charge in [0.15, 0.2) is 0 Å². The van der Waals surface area contributed by atoms with Crippen LogP contribution in [0.25, 0.3) is 0 Å². The summed E-state index contributed by atoms with van der Waals surface area (Å²) in [5.41, 5.74) is -0.578. The molecule has 0 aliphatic carbocycles. The van der Waals surface area contributed by atoms with Gasteiger partial charge in [-0.3, -0.25) is 0 Å². The fourth-order valence-electron chi connectivity index (χ4n) is 3.59. The maximum atomic E-state index is 13.2. The number of ether oxygens (including phenoxy) is 3. The Morgan fingerprint density at radius 2 is 1.84 bits per heavy atom. The first-order valence-corrected chi connectivity index (χ1v) is 12.6. The average molecular weight is 471 g/mol. The highest BCUT2D eigenvalue weighted by molar-refractivity contribution is 7.89. The predicted octanol–water partition coefficient (Wildman–Crippen LogP) is 3.76. The molecule has 0 aromatic heterocycles. The van der Waals surface area contributed by atoms with Gasteiger partial charge in [0.05, 0.1) is 11.5 Å². The summed E-state index contributed by atoms with van der Waals surface area (Å²) >= 11 is 0. The van der Waals surface area contributed by atoms with Gasteiger partial charge in [0.2, 0.25) is 10.0 Å². The molecule has 1 atom stereocenters. The van der Waals surface area contributed by atoms with E-state index >= 15 is 0 Å². The third-order valence-electron chi connectivity index (χ3n) is 5.21. The summed E-state index contributed by atoms with van der Waals surface area (Å²) in [7, 11) is -2.03. The highest BCUT2D eigenvalue weighted by Crippen LogP contribution is 2.26. The van der Waals surface area contributed by atoms with Crippen molar-refractivity contribution in [3.05, 3.63) is 24.3 Å². The Balaban J connectivity index is 2.06. The summed E-state index contributed by atoms with van der Waals surface area (Å²) in [6.07, 6.45) is 1.25. The van der Waals surface area contributed by atoms with Crippen molar-refractivity contribution < 1.29 is 27.4 Å². The van der Waals surface area contributed by atoms with Crippen LogP contribution in [-0.4, -0.2) is 75.3 Å². The van der Waals surface area contributed by atoms with E-state index in [0.717, 1.165) is 12.8 Å². The number of hydrogen-bond donors (Lipinski definition) is 0. The van der Waals surface area contributed by atoms with Gasteiger partial charge in [0, 0.05) is 32.8 Å². The number of piperidine rings is 1. The molecular formula is C23H38N2O6S. The summed E-state index contributed by atoms with van der Waals surface area (Å²) in [5.74, 6) is 0.646. The van der Waals surface area contributed by atoms with Gasteiger partial charge in [-0.05, 0) is 77.6 Å². The molecule has 1 unspecified atom stereocenters. The second-order valence-corrected chi connectivity index (χ2v) is 11.3. The number of nitrogens with zero attached hydrogens (tertiary/aromatic N) is 2. The number of methoxy groups -OCH3 is 1. The second-order valence-electron chi connectivity index (χ2n) is 9.41. The van der Waals surface area contributed by atoms with Gasteiger partial charge in [0.25, 0.3) is 0 Å². The van der Waals surface area contributed by atoms with Crippen molar-refractivity contribution >= 4 is 16.1 Å². The summed E-state index contributed by atoms with van der Waals surface area (Å²) in [6.45, 7) is 11.6. The first-order valence-electron chi connectivity index (χ1n) is 11.2. The molecule has 2 rings (SSSR count). The van der Waals surface area contributed by atoms with E-state index in [9.17, 15) is 13.2 Å². The Bertz CT molecular complexity index is 833. The second kappa shape index (κ2) is 11.3. The summed E-state index contributed by atoms with van der Waals surface area (Å²) in [4.78, 5) is 14.6. The van der Waals surface area contributed by atoms with Crippen LogP contribution in [0.5, 0.6) is 5.75 Å². The number of rotatable bonds is 9. The van der Waals surface area contributed by atoms with Gasteiger partial charge < -0.3 is 19.1 Å². The zero-order chi connectivity index (χ0) is 23.9. The Morgan fingerprint density at radius 1 is 1.19 bits per heavy atom. The van der Waals surface area contributed by atoms with Gasteiger partial charge in [-0.25, -0.2) is 13.2 Å². The van der Waals surface area contributed by atoms with Crippen LogP contribution in [-0.2, 0) is 19.5 Å². The lowest BCUT2D eigenvalue weighted by Gasteiger charge is -2.37. The van der Waals surface area contributed by atoms with Gasteiger partial charge in [-0.1, -0.05) is 0 Å².